The first kappa shape index (κ1) is 13.3. The van der Waals surface area contributed by atoms with Gasteiger partial charge in [-0.3, -0.25) is 0 Å². The van der Waals surface area contributed by atoms with Crippen molar-refractivity contribution >= 4 is 11.3 Å². The molecule has 2 aromatic rings. The summed E-state index contributed by atoms with van der Waals surface area (Å²) in [4.78, 5) is 1.31. The SMILES string of the molecule is CCCc1cccc(C(N)c2sccc2CC)c1. The van der Waals surface area contributed by atoms with E-state index in [9.17, 15) is 0 Å². The Morgan fingerprint density at radius 1 is 1.22 bits per heavy atom. The lowest BCUT2D eigenvalue weighted by Gasteiger charge is -2.13. The van der Waals surface area contributed by atoms with E-state index >= 15 is 0 Å². The van der Waals surface area contributed by atoms with Gasteiger partial charge >= 0.3 is 0 Å². The number of rotatable bonds is 5. The van der Waals surface area contributed by atoms with Gasteiger partial charge in [-0.15, -0.1) is 11.3 Å². The molecule has 0 aliphatic rings. The van der Waals surface area contributed by atoms with Crippen molar-refractivity contribution in [3.8, 4) is 0 Å². The Labute approximate surface area is 114 Å². The summed E-state index contributed by atoms with van der Waals surface area (Å²) in [6.07, 6.45) is 3.37. The van der Waals surface area contributed by atoms with Crippen LogP contribution in [0.3, 0.4) is 0 Å². The van der Waals surface area contributed by atoms with Gasteiger partial charge in [-0.25, -0.2) is 0 Å². The Bertz CT molecular complexity index is 501. The van der Waals surface area contributed by atoms with Crippen molar-refractivity contribution in [2.45, 2.75) is 39.2 Å². The minimum Gasteiger partial charge on any atom is -0.320 e. The van der Waals surface area contributed by atoms with E-state index < -0.39 is 0 Å². The van der Waals surface area contributed by atoms with Crippen molar-refractivity contribution < 1.29 is 0 Å². The number of aryl methyl sites for hydroxylation is 2. The van der Waals surface area contributed by atoms with E-state index in [0.717, 1.165) is 12.8 Å². The number of thiophene rings is 1. The third kappa shape index (κ3) is 2.82. The molecule has 0 saturated heterocycles. The lowest BCUT2D eigenvalue weighted by Crippen LogP contribution is -2.12. The zero-order valence-electron chi connectivity index (χ0n) is 11.1. The highest BCUT2D eigenvalue weighted by Gasteiger charge is 2.14. The molecule has 1 unspecified atom stereocenters. The van der Waals surface area contributed by atoms with Gasteiger partial charge in [0.15, 0.2) is 0 Å². The molecule has 1 atom stereocenters. The molecule has 2 heteroatoms. The maximum Gasteiger partial charge on any atom is 0.0648 e. The monoisotopic (exact) mass is 259 g/mol. The second-order valence-electron chi connectivity index (χ2n) is 4.64. The summed E-state index contributed by atoms with van der Waals surface area (Å²) < 4.78 is 0. The number of hydrogen-bond acceptors (Lipinski definition) is 2. The number of benzene rings is 1. The molecule has 0 bridgehead atoms. The van der Waals surface area contributed by atoms with Crippen molar-refractivity contribution in [2.75, 3.05) is 0 Å². The first-order valence-corrected chi connectivity index (χ1v) is 7.54. The zero-order chi connectivity index (χ0) is 13.0. The first-order valence-electron chi connectivity index (χ1n) is 6.67. The largest absolute Gasteiger partial charge is 0.320 e. The zero-order valence-corrected chi connectivity index (χ0v) is 12.0. The molecule has 2 N–H and O–H groups in total. The lowest BCUT2D eigenvalue weighted by molar-refractivity contribution is 0.861. The molecule has 96 valence electrons. The van der Waals surface area contributed by atoms with Gasteiger partial charge in [0.25, 0.3) is 0 Å². The van der Waals surface area contributed by atoms with Crippen molar-refractivity contribution in [1.82, 2.24) is 0 Å². The van der Waals surface area contributed by atoms with Gasteiger partial charge in [0, 0.05) is 4.88 Å². The predicted octanol–water partition coefficient (Wildman–Crippen LogP) is 4.31. The van der Waals surface area contributed by atoms with Crippen LogP contribution in [-0.2, 0) is 12.8 Å². The van der Waals surface area contributed by atoms with Gasteiger partial charge in [-0.2, -0.15) is 0 Å². The fourth-order valence-electron chi connectivity index (χ4n) is 2.29. The molecular formula is C16H21NS. The lowest BCUT2D eigenvalue weighted by atomic mass is 9.99. The second-order valence-corrected chi connectivity index (χ2v) is 5.58. The van der Waals surface area contributed by atoms with Crippen LogP contribution in [0.2, 0.25) is 0 Å². The minimum absolute atomic E-state index is 0.0248. The standard InChI is InChI=1S/C16H21NS/c1-3-6-12-7-5-8-14(11-12)15(17)16-13(4-2)9-10-18-16/h5,7-11,15H,3-4,6,17H2,1-2H3. The van der Waals surface area contributed by atoms with Crippen LogP contribution in [0, 0.1) is 0 Å². The van der Waals surface area contributed by atoms with Crippen molar-refractivity contribution in [3.05, 3.63) is 57.3 Å². The summed E-state index contributed by atoms with van der Waals surface area (Å²) in [5.41, 5.74) is 10.4. The summed E-state index contributed by atoms with van der Waals surface area (Å²) in [7, 11) is 0. The molecule has 1 heterocycles. The molecule has 0 radical (unpaired) electrons. The van der Waals surface area contributed by atoms with Crippen LogP contribution in [0.4, 0.5) is 0 Å². The van der Waals surface area contributed by atoms with Gasteiger partial charge in [0.05, 0.1) is 6.04 Å². The average molecular weight is 259 g/mol. The van der Waals surface area contributed by atoms with Crippen LogP contribution in [0.1, 0.15) is 47.9 Å². The van der Waals surface area contributed by atoms with Crippen LogP contribution >= 0.6 is 11.3 Å². The second kappa shape index (κ2) is 6.17. The molecule has 1 nitrogen and oxygen atoms in total. The van der Waals surface area contributed by atoms with Gasteiger partial charge < -0.3 is 5.73 Å². The predicted molar refractivity (Wildman–Crippen MR) is 80.2 cm³/mol. The summed E-state index contributed by atoms with van der Waals surface area (Å²) >= 11 is 1.77. The van der Waals surface area contributed by atoms with E-state index in [1.165, 1.54) is 28.0 Å². The molecule has 0 aliphatic heterocycles. The van der Waals surface area contributed by atoms with Crippen LogP contribution in [0.25, 0.3) is 0 Å². The normalized spacial score (nSPS) is 12.6. The Kier molecular flexibility index (Phi) is 4.56. The molecule has 0 fully saturated rings. The Hall–Kier alpha value is -1.12. The number of hydrogen-bond donors (Lipinski definition) is 1. The van der Waals surface area contributed by atoms with Gasteiger partial charge in [0.2, 0.25) is 0 Å². The smallest absolute Gasteiger partial charge is 0.0648 e. The molecular weight excluding hydrogens is 238 g/mol. The summed E-state index contributed by atoms with van der Waals surface area (Å²) in [5, 5.41) is 2.14. The Morgan fingerprint density at radius 3 is 2.78 bits per heavy atom. The molecule has 18 heavy (non-hydrogen) atoms. The Balaban J connectivity index is 2.28. The molecule has 0 spiro atoms. The quantitative estimate of drug-likeness (QED) is 0.850. The highest BCUT2D eigenvalue weighted by atomic mass is 32.1. The van der Waals surface area contributed by atoms with Crippen LogP contribution in [-0.4, -0.2) is 0 Å². The van der Waals surface area contributed by atoms with Crippen molar-refractivity contribution in [3.63, 3.8) is 0 Å². The molecule has 0 amide bonds. The maximum atomic E-state index is 6.41. The van der Waals surface area contributed by atoms with Gasteiger partial charge in [-0.05, 0) is 41.0 Å². The first-order chi connectivity index (χ1) is 8.76. The van der Waals surface area contributed by atoms with Crippen LogP contribution in [0.15, 0.2) is 35.7 Å². The molecule has 1 aromatic heterocycles. The molecule has 0 saturated carbocycles. The third-order valence-corrected chi connectivity index (χ3v) is 4.34. The van der Waals surface area contributed by atoms with E-state index in [-0.39, 0.29) is 6.04 Å². The fraction of sp³-hybridized carbons (Fsp3) is 0.375. The topological polar surface area (TPSA) is 26.0 Å². The molecule has 2 rings (SSSR count). The molecule has 0 aliphatic carbocycles. The highest BCUT2D eigenvalue weighted by molar-refractivity contribution is 7.10. The van der Waals surface area contributed by atoms with E-state index in [2.05, 4.69) is 49.6 Å². The molecule has 1 aromatic carbocycles. The van der Waals surface area contributed by atoms with Crippen LogP contribution < -0.4 is 5.73 Å². The summed E-state index contributed by atoms with van der Waals surface area (Å²) in [6.45, 7) is 4.40. The van der Waals surface area contributed by atoms with Crippen molar-refractivity contribution in [1.29, 1.82) is 0 Å². The Morgan fingerprint density at radius 2 is 2.06 bits per heavy atom. The maximum absolute atomic E-state index is 6.41. The van der Waals surface area contributed by atoms with E-state index in [4.69, 9.17) is 5.73 Å². The summed E-state index contributed by atoms with van der Waals surface area (Å²) in [6, 6.07) is 10.9. The van der Waals surface area contributed by atoms with E-state index in [1.807, 2.05) is 0 Å². The van der Waals surface area contributed by atoms with E-state index in [0.29, 0.717) is 0 Å². The minimum atomic E-state index is 0.0248. The van der Waals surface area contributed by atoms with Gasteiger partial charge in [-0.1, -0.05) is 44.5 Å². The van der Waals surface area contributed by atoms with Crippen molar-refractivity contribution in [2.24, 2.45) is 5.73 Å². The highest BCUT2D eigenvalue weighted by Crippen LogP contribution is 2.28. The summed E-state index contributed by atoms with van der Waals surface area (Å²) in [5.74, 6) is 0. The fourth-order valence-corrected chi connectivity index (χ4v) is 3.32. The van der Waals surface area contributed by atoms with Crippen LogP contribution in [0.5, 0.6) is 0 Å². The average Bonchev–Trinajstić information content (AvgIpc) is 2.87. The third-order valence-electron chi connectivity index (χ3n) is 3.29. The number of nitrogens with two attached hydrogens (primary N) is 1. The van der Waals surface area contributed by atoms with E-state index in [1.54, 1.807) is 11.3 Å². The van der Waals surface area contributed by atoms with Gasteiger partial charge in [0.1, 0.15) is 0 Å².